The number of hydrogen-bond acceptors (Lipinski definition) is 3. The summed E-state index contributed by atoms with van der Waals surface area (Å²) in [5, 5.41) is 4.92. The van der Waals surface area contributed by atoms with Crippen molar-refractivity contribution in [2.75, 3.05) is 5.32 Å². The SMILES string of the molecule is C[C@@]1(C(=O)Nc2cccc3ccccc23)Cc2ccccc2C(=O)O1. The highest BCUT2D eigenvalue weighted by molar-refractivity contribution is 6.07. The molecule has 1 atom stereocenters. The molecule has 0 fully saturated rings. The van der Waals surface area contributed by atoms with Gasteiger partial charge in [-0.15, -0.1) is 0 Å². The zero-order chi connectivity index (χ0) is 17.4. The van der Waals surface area contributed by atoms with Gasteiger partial charge in [0.15, 0.2) is 5.60 Å². The Labute approximate surface area is 145 Å². The van der Waals surface area contributed by atoms with Crippen molar-refractivity contribution in [1.82, 2.24) is 0 Å². The van der Waals surface area contributed by atoms with Gasteiger partial charge in [-0.05, 0) is 30.0 Å². The minimum absolute atomic E-state index is 0.327. The Kier molecular flexibility index (Phi) is 3.53. The van der Waals surface area contributed by atoms with Crippen molar-refractivity contribution in [2.24, 2.45) is 0 Å². The van der Waals surface area contributed by atoms with E-state index in [4.69, 9.17) is 4.74 Å². The molecule has 25 heavy (non-hydrogen) atoms. The van der Waals surface area contributed by atoms with Crippen molar-refractivity contribution in [3.05, 3.63) is 77.9 Å². The average Bonchev–Trinajstić information content (AvgIpc) is 2.62. The molecule has 0 aromatic heterocycles. The number of carbonyl (C=O) groups is 2. The van der Waals surface area contributed by atoms with E-state index in [9.17, 15) is 9.59 Å². The molecule has 3 aromatic rings. The fourth-order valence-electron chi connectivity index (χ4n) is 3.25. The number of ether oxygens (including phenoxy) is 1. The fourth-order valence-corrected chi connectivity index (χ4v) is 3.25. The van der Waals surface area contributed by atoms with Gasteiger partial charge in [-0.2, -0.15) is 0 Å². The molecule has 4 heteroatoms. The average molecular weight is 331 g/mol. The number of amides is 1. The van der Waals surface area contributed by atoms with Crippen LogP contribution in [0.4, 0.5) is 5.69 Å². The van der Waals surface area contributed by atoms with Crippen LogP contribution in [0.2, 0.25) is 0 Å². The summed E-state index contributed by atoms with van der Waals surface area (Å²) < 4.78 is 5.50. The first-order chi connectivity index (χ1) is 12.1. The van der Waals surface area contributed by atoms with Crippen molar-refractivity contribution < 1.29 is 14.3 Å². The smallest absolute Gasteiger partial charge is 0.339 e. The maximum absolute atomic E-state index is 12.9. The minimum Gasteiger partial charge on any atom is -0.445 e. The molecule has 0 spiro atoms. The molecule has 1 aliphatic rings. The minimum atomic E-state index is -1.23. The van der Waals surface area contributed by atoms with Gasteiger partial charge in [-0.25, -0.2) is 4.79 Å². The Morgan fingerprint density at radius 3 is 2.60 bits per heavy atom. The first-order valence-electron chi connectivity index (χ1n) is 8.17. The molecule has 0 aliphatic carbocycles. The monoisotopic (exact) mass is 331 g/mol. The predicted octanol–water partition coefficient (Wildman–Crippen LogP) is 3.95. The summed E-state index contributed by atoms with van der Waals surface area (Å²) in [6.45, 7) is 1.65. The quantitative estimate of drug-likeness (QED) is 0.723. The number of cyclic esters (lactones) is 1. The number of fused-ring (bicyclic) bond motifs is 2. The first kappa shape index (κ1) is 15.4. The van der Waals surface area contributed by atoms with Gasteiger partial charge in [0, 0.05) is 17.5 Å². The molecular formula is C21H17NO3. The van der Waals surface area contributed by atoms with Gasteiger partial charge in [0.1, 0.15) is 0 Å². The van der Waals surface area contributed by atoms with Crippen LogP contribution >= 0.6 is 0 Å². The Bertz CT molecular complexity index is 990. The lowest BCUT2D eigenvalue weighted by Crippen LogP contribution is -2.48. The molecule has 1 aliphatic heterocycles. The normalized spacial score (nSPS) is 19.2. The van der Waals surface area contributed by atoms with Gasteiger partial charge < -0.3 is 10.1 Å². The second-order valence-corrected chi connectivity index (χ2v) is 6.44. The molecule has 0 saturated carbocycles. The van der Waals surface area contributed by atoms with Crippen molar-refractivity contribution in [3.63, 3.8) is 0 Å². The molecule has 4 rings (SSSR count). The van der Waals surface area contributed by atoms with Crippen LogP contribution in [0.25, 0.3) is 10.8 Å². The van der Waals surface area contributed by atoms with E-state index in [-0.39, 0.29) is 5.91 Å². The third-order valence-electron chi connectivity index (χ3n) is 4.60. The van der Waals surface area contributed by atoms with Crippen molar-refractivity contribution in [2.45, 2.75) is 18.9 Å². The lowest BCUT2D eigenvalue weighted by molar-refractivity contribution is -0.134. The van der Waals surface area contributed by atoms with Crippen LogP contribution in [0.15, 0.2) is 66.7 Å². The Balaban J connectivity index is 1.66. The van der Waals surface area contributed by atoms with E-state index in [1.54, 1.807) is 19.1 Å². The molecule has 0 bridgehead atoms. The Morgan fingerprint density at radius 1 is 1.00 bits per heavy atom. The Morgan fingerprint density at radius 2 is 1.72 bits per heavy atom. The summed E-state index contributed by atoms with van der Waals surface area (Å²) in [7, 11) is 0. The molecule has 1 heterocycles. The van der Waals surface area contributed by atoms with Crippen LogP contribution in [0, 0.1) is 0 Å². The third kappa shape index (κ3) is 2.66. The largest absolute Gasteiger partial charge is 0.445 e. The number of esters is 1. The zero-order valence-corrected chi connectivity index (χ0v) is 13.8. The van der Waals surface area contributed by atoms with Gasteiger partial charge in [-0.1, -0.05) is 54.6 Å². The predicted molar refractivity (Wildman–Crippen MR) is 96.5 cm³/mol. The molecule has 0 radical (unpaired) electrons. The molecular weight excluding hydrogens is 314 g/mol. The number of rotatable bonds is 2. The standard InChI is InChI=1S/C21H17NO3/c1-21(13-15-8-3-5-11-17(15)19(23)25-21)20(24)22-18-12-6-9-14-7-2-4-10-16(14)18/h2-12H,13H2,1H3,(H,22,24)/t21-/m0/s1. The second-order valence-electron chi connectivity index (χ2n) is 6.44. The van der Waals surface area contributed by atoms with Crippen molar-refractivity contribution in [1.29, 1.82) is 0 Å². The summed E-state index contributed by atoms with van der Waals surface area (Å²) in [5.41, 5.74) is 0.828. The lowest BCUT2D eigenvalue weighted by atomic mass is 9.89. The summed E-state index contributed by atoms with van der Waals surface area (Å²) in [5.74, 6) is -0.788. The first-order valence-corrected chi connectivity index (χ1v) is 8.17. The van der Waals surface area contributed by atoms with E-state index in [0.29, 0.717) is 17.7 Å². The van der Waals surface area contributed by atoms with Crippen molar-refractivity contribution >= 4 is 28.3 Å². The van der Waals surface area contributed by atoms with Crippen LogP contribution in [0.3, 0.4) is 0 Å². The highest BCUT2D eigenvalue weighted by Crippen LogP contribution is 2.30. The van der Waals surface area contributed by atoms with Crippen LogP contribution in [-0.2, 0) is 16.0 Å². The molecule has 0 unspecified atom stereocenters. The highest BCUT2D eigenvalue weighted by Gasteiger charge is 2.42. The molecule has 4 nitrogen and oxygen atoms in total. The van der Waals surface area contributed by atoms with Gasteiger partial charge in [0.05, 0.1) is 5.56 Å². The third-order valence-corrected chi connectivity index (χ3v) is 4.60. The topological polar surface area (TPSA) is 55.4 Å². The molecule has 3 aromatic carbocycles. The molecule has 0 saturated heterocycles. The van der Waals surface area contributed by atoms with E-state index < -0.39 is 11.6 Å². The number of benzene rings is 3. The molecule has 1 amide bonds. The van der Waals surface area contributed by atoms with Crippen LogP contribution < -0.4 is 5.32 Å². The number of hydrogen-bond donors (Lipinski definition) is 1. The summed E-state index contributed by atoms with van der Waals surface area (Å²) in [6.07, 6.45) is 0.353. The van der Waals surface area contributed by atoms with Crippen molar-refractivity contribution in [3.8, 4) is 0 Å². The number of anilines is 1. The fraction of sp³-hybridized carbons (Fsp3) is 0.143. The lowest BCUT2D eigenvalue weighted by Gasteiger charge is -2.33. The molecule has 124 valence electrons. The highest BCUT2D eigenvalue weighted by atomic mass is 16.6. The maximum Gasteiger partial charge on any atom is 0.339 e. The summed E-state index contributed by atoms with van der Waals surface area (Å²) in [4.78, 5) is 25.2. The van der Waals surface area contributed by atoms with Gasteiger partial charge in [-0.3, -0.25) is 4.79 Å². The summed E-state index contributed by atoms with van der Waals surface area (Å²) >= 11 is 0. The van der Waals surface area contributed by atoms with Crippen LogP contribution in [-0.4, -0.2) is 17.5 Å². The van der Waals surface area contributed by atoms with E-state index >= 15 is 0 Å². The Hall–Kier alpha value is -3.14. The molecule has 1 N–H and O–H groups in total. The maximum atomic E-state index is 12.9. The van der Waals surface area contributed by atoms with Crippen LogP contribution in [0.1, 0.15) is 22.8 Å². The van der Waals surface area contributed by atoms with E-state index in [2.05, 4.69) is 5.32 Å². The van der Waals surface area contributed by atoms with E-state index in [0.717, 1.165) is 16.3 Å². The van der Waals surface area contributed by atoms with E-state index in [1.165, 1.54) is 0 Å². The number of carbonyl (C=O) groups excluding carboxylic acids is 2. The van der Waals surface area contributed by atoms with Gasteiger partial charge in [0.2, 0.25) is 0 Å². The van der Waals surface area contributed by atoms with E-state index in [1.807, 2.05) is 54.6 Å². The summed E-state index contributed by atoms with van der Waals surface area (Å²) in [6, 6.07) is 20.8. The van der Waals surface area contributed by atoms with Gasteiger partial charge >= 0.3 is 5.97 Å². The second kappa shape index (κ2) is 5.74. The zero-order valence-electron chi connectivity index (χ0n) is 13.8. The van der Waals surface area contributed by atoms with Crippen LogP contribution in [0.5, 0.6) is 0 Å². The van der Waals surface area contributed by atoms with Gasteiger partial charge in [0.25, 0.3) is 5.91 Å². The number of nitrogens with one attached hydrogen (secondary N) is 1.